The molecule has 17 heavy (non-hydrogen) atoms. The smallest absolute Gasteiger partial charge is 0.0622 e. The molecule has 0 amide bonds. The molecule has 1 aromatic rings. The van der Waals surface area contributed by atoms with Gasteiger partial charge in [0.2, 0.25) is 0 Å². The van der Waals surface area contributed by atoms with E-state index in [2.05, 4.69) is 29.2 Å². The van der Waals surface area contributed by atoms with E-state index >= 15 is 0 Å². The third-order valence-electron chi connectivity index (χ3n) is 4.10. The predicted molar refractivity (Wildman–Crippen MR) is 69.3 cm³/mol. The van der Waals surface area contributed by atoms with Crippen molar-refractivity contribution in [1.82, 2.24) is 4.90 Å². The molecule has 2 aliphatic rings. The second kappa shape index (κ2) is 5.19. The third-order valence-corrected chi connectivity index (χ3v) is 4.10. The number of ether oxygens (including phenoxy) is 1. The SMILES string of the molecule is c1ccc2c(c1)CCCN(C1CCOC1)CC2. The number of nitrogens with zero attached hydrogens (tertiary/aromatic N) is 1. The molecular weight excluding hydrogens is 210 g/mol. The molecule has 0 aliphatic carbocycles. The lowest BCUT2D eigenvalue weighted by molar-refractivity contribution is 0.142. The number of benzene rings is 1. The summed E-state index contributed by atoms with van der Waals surface area (Å²) in [5.41, 5.74) is 3.12. The van der Waals surface area contributed by atoms with E-state index in [9.17, 15) is 0 Å². The van der Waals surface area contributed by atoms with Gasteiger partial charge in [-0.3, -0.25) is 4.90 Å². The highest BCUT2D eigenvalue weighted by atomic mass is 16.5. The van der Waals surface area contributed by atoms with E-state index in [1.165, 1.54) is 38.8 Å². The molecule has 2 heterocycles. The van der Waals surface area contributed by atoms with E-state index in [0.717, 1.165) is 13.2 Å². The average molecular weight is 231 g/mol. The minimum Gasteiger partial charge on any atom is -0.380 e. The van der Waals surface area contributed by atoms with Gasteiger partial charge in [-0.05, 0) is 43.4 Å². The zero-order chi connectivity index (χ0) is 11.5. The maximum absolute atomic E-state index is 5.51. The van der Waals surface area contributed by atoms with Crippen molar-refractivity contribution in [3.8, 4) is 0 Å². The molecule has 1 fully saturated rings. The molecule has 2 nitrogen and oxygen atoms in total. The fourth-order valence-corrected chi connectivity index (χ4v) is 3.07. The minimum atomic E-state index is 0.681. The summed E-state index contributed by atoms with van der Waals surface area (Å²) in [7, 11) is 0. The highest BCUT2D eigenvalue weighted by molar-refractivity contribution is 5.28. The van der Waals surface area contributed by atoms with Crippen LogP contribution in [0.1, 0.15) is 24.0 Å². The summed E-state index contributed by atoms with van der Waals surface area (Å²) in [6, 6.07) is 9.61. The number of hydrogen-bond acceptors (Lipinski definition) is 2. The highest BCUT2D eigenvalue weighted by Crippen LogP contribution is 2.19. The lowest BCUT2D eigenvalue weighted by atomic mass is 9.97. The molecule has 2 heteroatoms. The summed E-state index contributed by atoms with van der Waals surface area (Å²) >= 11 is 0. The topological polar surface area (TPSA) is 12.5 Å². The summed E-state index contributed by atoms with van der Waals surface area (Å²) in [6.07, 6.45) is 4.95. The Hall–Kier alpha value is -0.860. The maximum Gasteiger partial charge on any atom is 0.0622 e. The Balaban J connectivity index is 1.70. The van der Waals surface area contributed by atoms with Crippen LogP contribution in [0.25, 0.3) is 0 Å². The summed E-state index contributed by atoms with van der Waals surface area (Å²) in [5.74, 6) is 0. The Morgan fingerprint density at radius 3 is 2.65 bits per heavy atom. The van der Waals surface area contributed by atoms with Crippen LogP contribution in [0, 0.1) is 0 Å². The number of hydrogen-bond donors (Lipinski definition) is 0. The van der Waals surface area contributed by atoms with E-state index in [1.807, 2.05) is 0 Å². The fourth-order valence-electron chi connectivity index (χ4n) is 3.07. The van der Waals surface area contributed by atoms with Crippen molar-refractivity contribution in [3.63, 3.8) is 0 Å². The Labute approximate surface area is 104 Å². The summed E-state index contributed by atoms with van der Waals surface area (Å²) in [4.78, 5) is 2.64. The quantitative estimate of drug-likeness (QED) is 0.735. The van der Waals surface area contributed by atoms with Crippen LogP contribution in [-0.4, -0.2) is 37.2 Å². The molecule has 3 rings (SSSR count). The van der Waals surface area contributed by atoms with Gasteiger partial charge < -0.3 is 4.74 Å². The molecule has 0 spiro atoms. The van der Waals surface area contributed by atoms with Crippen molar-refractivity contribution in [2.75, 3.05) is 26.3 Å². The molecule has 1 saturated heterocycles. The first-order valence-electron chi connectivity index (χ1n) is 6.82. The van der Waals surface area contributed by atoms with Crippen LogP contribution in [0.4, 0.5) is 0 Å². The van der Waals surface area contributed by atoms with E-state index < -0.39 is 0 Å². The van der Waals surface area contributed by atoms with Crippen LogP contribution in [0.5, 0.6) is 0 Å². The van der Waals surface area contributed by atoms with Crippen LogP contribution in [0.3, 0.4) is 0 Å². The van der Waals surface area contributed by atoms with Gasteiger partial charge in [0.05, 0.1) is 6.61 Å². The maximum atomic E-state index is 5.51. The van der Waals surface area contributed by atoms with Crippen LogP contribution in [-0.2, 0) is 17.6 Å². The molecule has 1 aromatic carbocycles. The normalized spacial score (nSPS) is 26.2. The van der Waals surface area contributed by atoms with Gasteiger partial charge in [-0.25, -0.2) is 0 Å². The molecule has 1 unspecified atom stereocenters. The standard InChI is InChI=1S/C15H21NO/c1-2-5-14-7-10-16(15-8-11-17-12-15)9-3-6-13(14)4-1/h1-2,4-5,15H,3,6-12H2. The van der Waals surface area contributed by atoms with Crippen molar-refractivity contribution in [3.05, 3.63) is 35.4 Å². The fraction of sp³-hybridized carbons (Fsp3) is 0.600. The van der Waals surface area contributed by atoms with Gasteiger partial charge in [-0.2, -0.15) is 0 Å². The van der Waals surface area contributed by atoms with Crippen molar-refractivity contribution < 1.29 is 4.74 Å². The van der Waals surface area contributed by atoms with Gasteiger partial charge in [0.25, 0.3) is 0 Å². The molecule has 0 bridgehead atoms. The van der Waals surface area contributed by atoms with Crippen LogP contribution >= 0.6 is 0 Å². The summed E-state index contributed by atoms with van der Waals surface area (Å²) in [5, 5.41) is 0. The molecular formula is C15H21NO. The first-order valence-corrected chi connectivity index (χ1v) is 6.82. The molecule has 0 aromatic heterocycles. The minimum absolute atomic E-state index is 0.681. The lowest BCUT2D eigenvalue weighted by Gasteiger charge is -2.30. The first kappa shape index (κ1) is 11.2. The number of rotatable bonds is 1. The lowest BCUT2D eigenvalue weighted by Crippen LogP contribution is -2.39. The van der Waals surface area contributed by atoms with E-state index in [4.69, 9.17) is 4.74 Å². The summed E-state index contributed by atoms with van der Waals surface area (Å²) < 4.78 is 5.51. The van der Waals surface area contributed by atoms with Gasteiger partial charge in [0.1, 0.15) is 0 Å². The predicted octanol–water partition coefficient (Wildman–Crippen LogP) is 2.27. The van der Waals surface area contributed by atoms with Crippen molar-refractivity contribution in [2.24, 2.45) is 0 Å². The summed E-state index contributed by atoms with van der Waals surface area (Å²) in [6.45, 7) is 4.34. The van der Waals surface area contributed by atoms with Crippen molar-refractivity contribution >= 4 is 0 Å². The Morgan fingerprint density at radius 1 is 1.06 bits per heavy atom. The molecule has 0 saturated carbocycles. The zero-order valence-electron chi connectivity index (χ0n) is 10.4. The Kier molecular flexibility index (Phi) is 3.44. The van der Waals surface area contributed by atoms with Gasteiger partial charge in [0, 0.05) is 19.2 Å². The van der Waals surface area contributed by atoms with Gasteiger partial charge >= 0.3 is 0 Å². The van der Waals surface area contributed by atoms with Crippen LogP contribution in [0.2, 0.25) is 0 Å². The largest absolute Gasteiger partial charge is 0.380 e. The molecule has 2 aliphatic heterocycles. The van der Waals surface area contributed by atoms with Gasteiger partial charge in [-0.15, -0.1) is 0 Å². The van der Waals surface area contributed by atoms with Crippen molar-refractivity contribution in [2.45, 2.75) is 31.7 Å². The van der Waals surface area contributed by atoms with Gasteiger partial charge in [0.15, 0.2) is 0 Å². The Bertz CT molecular complexity index is 371. The zero-order valence-corrected chi connectivity index (χ0v) is 10.4. The first-order chi connectivity index (χ1) is 8.43. The third kappa shape index (κ3) is 2.53. The molecule has 0 N–H and O–H groups in total. The molecule has 0 radical (unpaired) electrons. The monoisotopic (exact) mass is 231 g/mol. The van der Waals surface area contributed by atoms with E-state index in [1.54, 1.807) is 11.1 Å². The second-order valence-corrected chi connectivity index (χ2v) is 5.18. The molecule has 1 atom stereocenters. The second-order valence-electron chi connectivity index (χ2n) is 5.18. The van der Waals surface area contributed by atoms with E-state index in [0.29, 0.717) is 6.04 Å². The van der Waals surface area contributed by atoms with E-state index in [-0.39, 0.29) is 0 Å². The van der Waals surface area contributed by atoms with Crippen LogP contribution in [0.15, 0.2) is 24.3 Å². The van der Waals surface area contributed by atoms with Gasteiger partial charge in [-0.1, -0.05) is 24.3 Å². The van der Waals surface area contributed by atoms with Crippen LogP contribution < -0.4 is 0 Å². The molecule has 92 valence electrons. The number of fused-ring (bicyclic) bond motifs is 1. The average Bonchev–Trinajstić information content (AvgIpc) is 2.84. The Morgan fingerprint density at radius 2 is 1.88 bits per heavy atom. The highest BCUT2D eigenvalue weighted by Gasteiger charge is 2.23. The number of aryl methyl sites for hydroxylation is 1. The van der Waals surface area contributed by atoms with Crippen molar-refractivity contribution in [1.29, 1.82) is 0 Å².